The first kappa shape index (κ1) is 20.2. The van der Waals surface area contributed by atoms with Crippen LogP contribution in [0.1, 0.15) is 78.5 Å². The topological polar surface area (TPSA) is 66.2 Å². The Labute approximate surface area is 182 Å². The molecule has 0 radical (unpaired) electrons. The summed E-state index contributed by atoms with van der Waals surface area (Å²) in [7, 11) is 3.20. The number of ether oxygens (including phenoxy) is 2. The van der Waals surface area contributed by atoms with E-state index in [0.717, 1.165) is 60.9 Å². The SMILES string of the molecule is COC(=O)c1cc(C2CCC(OC)CC2)c2c(C3CCC3)nn(-c3ccccc3)c2n1. The molecule has 2 heterocycles. The van der Waals surface area contributed by atoms with Gasteiger partial charge in [-0.15, -0.1) is 0 Å². The van der Waals surface area contributed by atoms with Gasteiger partial charge in [0.2, 0.25) is 0 Å². The van der Waals surface area contributed by atoms with Crippen molar-refractivity contribution in [1.29, 1.82) is 0 Å². The van der Waals surface area contributed by atoms with E-state index in [4.69, 9.17) is 19.6 Å². The van der Waals surface area contributed by atoms with Crippen LogP contribution in [0.2, 0.25) is 0 Å². The van der Waals surface area contributed by atoms with Crippen LogP contribution in [0.3, 0.4) is 0 Å². The molecule has 0 bridgehead atoms. The fraction of sp³-hybridized carbons (Fsp3) is 0.480. The molecule has 2 saturated carbocycles. The lowest BCUT2D eigenvalue weighted by Crippen LogP contribution is -2.20. The Morgan fingerprint density at radius 1 is 1.00 bits per heavy atom. The quantitative estimate of drug-likeness (QED) is 0.535. The predicted octanol–water partition coefficient (Wildman–Crippen LogP) is 5.15. The number of hydrogen-bond donors (Lipinski definition) is 0. The molecule has 0 N–H and O–H groups in total. The summed E-state index contributed by atoms with van der Waals surface area (Å²) in [6.07, 6.45) is 8.04. The third kappa shape index (κ3) is 3.63. The molecule has 0 amide bonds. The fourth-order valence-electron chi connectivity index (χ4n) is 5.03. The van der Waals surface area contributed by atoms with Crippen molar-refractivity contribution in [3.8, 4) is 5.69 Å². The predicted molar refractivity (Wildman–Crippen MR) is 119 cm³/mol. The van der Waals surface area contributed by atoms with E-state index >= 15 is 0 Å². The van der Waals surface area contributed by atoms with E-state index in [-0.39, 0.29) is 0 Å². The van der Waals surface area contributed by atoms with Crippen LogP contribution in [-0.4, -0.2) is 41.1 Å². The van der Waals surface area contributed by atoms with Crippen molar-refractivity contribution in [3.05, 3.63) is 53.3 Å². The van der Waals surface area contributed by atoms with Crippen LogP contribution in [0, 0.1) is 0 Å². The second-order valence-electron chi connectivity index (χ2n) is 8.76. The molecule has 0 unspecified atom stereocenters. The molecular formula is C25H29N3O3. The maximum absolute atomic E-state index is 12.5. The molecule has 0 saturated heterocycles. The number of para-hydroxylation sites is 1. The number of hydrogen-bond acceptors (Lipinski definition) is 5. The Bertz CT molecular complexity index is 1080. The van der Waals surface area contributed by atoms with Gasteiger partial charge in [-0.05, 0) is 68.2 Å². The number of rotatable bonds is 5. The van der Waals surface area contributed by atoms with Crippen molar-refractivity contribution >= 4 is 17.0 Å². The van der Waals surface area contributed by atoms with Crippen molar-refractivity contribution in [2.45, 2.75) is 62.9 Å². The molecule has 3 aromatic rings. The molecule has 1 aromatic carbocycles. The van der Waals surface area contributed by atoms with Crippen LogP contribution in [0.15, 0.2) is 36.4 Å². The third-order valence-corrected chi connectivity index (χ3v) is 7.03. The summed E-state index contributed by atoms with van der Waals surface area (Å²) in [5.41, 5.74) is 4.42. The zero-order valence-electron chi connectivity index (χ0n) is 18.2. The lowest BCUT2D eigenvalue weighted by Gasteiger charge is -2.29. The lowest BCUT2D eigenvalue weighted by atomic mass is 9.78. The van der Waals surface area contributed by atoms with Crippen molar-refractivity contribution in [2.24, 2.45) is 0 Å². The molecule has 0 spiro atoms. The summed E-state index contributed by atoms with van der Waals surface area (Å²) in [6, 6.07) is 12.0. The van der Waals surface area contributed by atoms with E-state index in [9.17, 15) is 4.79 Å². The number of aromatic nitrogens is 3. The van der Waals surface area contributed by atoms with E-state index in [1.807, 2.05) is 41.1 Å². The van der Waals surface area contributed by atoms with E-state index < -0.39 is 5.97 Å². The van der Waals surface area contributed by atoms with Gasteiger partial charge in [0.05, 0.1) is 24.6 Å². The normalized spacial score (nSPS) is 21.7. The van der Waals surface area contributed by atoms with Gasteiger partial charge in [0.15, 0.2) is 11.3 Å². The van der Waals surface area contributed by atoms with E-state index in [1.54, 1.807) is 7.11 Å². The Morgan fingerprint density at radius 3 is 2.35 bits per heavy atom. The number of fused-ring (bicyclic) bond motifs is 1. The molecule has 5 rings (SSSR count). The van der Waals surface area contributed by atoms with Gasteiger partial charge in [-0.25, -0.2) is 14.5 Å². The first-order chi connectivity index (χ1) is 15.2. The maximum atomic E-state index is 12.5. The number of pyridine rings is 1. The van der Waals surface area contributed by atoms with Gasteiger partial charge in [-0.1, -0.05) is 24.6 Å². The fourth-order valence-corrected chi connectivity index (χ4v) is 5.03. The number of carbonyl (C=O) groups is 1. The van der Waals surface area contributed by atoms with Gasteiger partial charge in [0.1, 0.15) is 0 Å². The van der Waals surface area contributed by atoms with Gasteiger partial charge in [-0.3, -0.25) is 0 Å². The second kappa shape index (κ2) is 8.42. The van der Waals surface area contributed by atoms with E-state index in [0.29, 0.717) is 23.6 Å². The number of methoxy groups -OCH3 is 2. The minimum atomic E-state index is -0.403. The molecule has 0 aliphatic heterocycles. The zero-order valence-corrected chi connectivity index (χ0v) is 18.2. The van der Waals surface area contributed by atoms with Crippen LogP contribution < -0.4 is 0 Å². The molecule has 2 aliphatic carbocycles. The molecule has 31 heavy (non-hydrogen) atoms. The van der Waals surface area contributed by atoms with Gasteiger partial charge in [0, 0.05) is 18.4 Å². The van der Waals surface area contributed by atoms with Crippen LogP contribution in [0.25, 0.3) is 16.7 Å². The van der Waals surface area contributed by atoms with E-state index in [1.165, 1.54) is 19.1 Å². The van der Waals surface area contributed by atoms with Crippen LogP contribution in [0.4, 0.5) is 0 Å². The van der Waals surface area contributed by atoms with Crippen molar-refractivity contribution in [3.63, 3.8) is 0 Å². The monoisotopic (exact) mass is 419 g/mol. The summed E-state index contributed by atoms with van der Waals surface area (Å²) < 4.78 is 12.5. The van der Waals surface area contributed by atoms with Gasteiger partial charge < -0.3 is 9.47 Å². The standard InChI is InChI=1S/C25H29N3O3/c1-30-19-13-11-16(12-14-19)20-15-21(25(29)31-2)26-24-22(20)23(17-7-6-8-17)27-28(24)18-9-4-3-5-10-18/h3-5,9-10,15-17,19H,6-8,11-14H2,1-2H3. The molecule has 6 heteroatoms. The summed E-state index contributed by atoms with van der Waals surface area (Å²) >= 11 is 0. The number of esters is 1. The summed E-state index contributed by atoms with van der Waals surface area (Å²) in [5, 5.41) is 6.21. The zero-order chi connectivity index (χ0) is 21.4. The lowest BCUT2D eigenvalue weighted by molar-refractivity contribution is 0.0592. The minimum Gasteiger partial charge on any atom is -0.464 e. The Balaban J connectivity index is 1.72. The van der Waals surface area contributed by atoms with Crippen molar-refractivity contribution < 1.29 is 14.3 Å². The largest absolute Gasteiger partial charge is 0.464 e. The van der Waals surface area contributed by atoms with Crippen molar-refractivity contribution in [2.75, 3.05) is 14.2 Å². The highest BCUT2D eigenvalue weighted by Crippen LogP contribution is 2.44. The highest BCUT2D eigenvalue weighted by atomic mass is 16.5. The van der Waals surface area contributed by atoms with Crippen LogP contribution in [-0.2, 0) is 9.47 Å². The highest BCUT2D eigenvalue weighted by Gasteiger charge is 2.32. The smallest absolute Gasteiger partial charge is 0.356 e. The summed E-state index contributed by atoms with van der Waals surface area (Å²) in [4.78, 5) is 17.3. The number of carbonyl (C=O) groups excluding carboxylic acids is 1. The van der Waals surface area contributed by atoms with Gasteiger partial charge >= 0.3 is 5.97 Å². The first-order valence-corrected chi connectivity index (χ1v) is 11.3. The number of nitrogens with zero attached hydrogens (tertiary/aromatic N) is 3. The molecule has 2 fully saturated rings. The average Bonchev–Trinajstić information content (AvgIpc) is 3.16. The first-order valence-electron chi connectivity index (χ1n) is 11.3. The molecule has 2 aromatic heterocycles. The molecular weight excluding hydrogens is 390 g/mol. The second-order valence-corrected chi connectivity index (χ2v) is 8.76. The third-order valence-electron chi connectivity index (χ3n) is 7.03. The average molecular weight is 420 g/mol. The Hall–Kier alpha value is -2.73. The molecule has 162 valence electrons. The Morgan fingerprint density at radius 2 is 1.74 bits per heavy atom. The summed E-state index contributed by atoms with van der Waals surface area (Å²) in [6.45, 7) is 0. The molecule has 6 nitrogen and oxygen atoms in total. The van der Waals surface area contributed by atoms with Gasteiger partial charge in [0.25, 0.3) is 0 Å². The summed E-state index contributed by atoms with van der Waals surface area (Å²) in [5.74, 6) is 0.430. The van der Waals surface area contributed by atoms with E-state index in [2.05, 4.69) is 0 Å². The molecule has 2 aliphatic rings. The number of benzene rings is 1. The van der Waals surface area contributed by atoms with Gasteiger partial charge in [-0.2, -0.15) is 5.10 Å². The van der Waals surface area contributed by atoms with Crippen LogP contribution in [0.5, 0.6) is 0 Å². The Kier molecular flexibility index (Phi) is 5.48. The maximum Gasteiger partial charge on any atom is 0.356 e. The highest BCUT2D eigenvalue weighted by molar-refractivity contribution is 5.93. The minimum absolute atomic E-state index is 0.326. The molecule has 0 atom stereocenters. The van der Waals surface area contributed by atoms with Crippen LogP contribution >= 0.6 is 0 Å². The van der Waals surface area contributed by atoms with Crippen molar-refractivity contribution in [1.82, 2.24) is 14.8 Å².